The Morgan fingerprint density at radius 2 is 2.00 bits per heavy atom. The smallest absolute Gasteiger partial charge is 0.161 e. The second kappa shape index (κ2) is 4.21. The largest absolute Gasteiger partial charge is 0.497 e. The molecule has 3 rings (SSSR count). The molecule has 106 valence electrons. The summed E-state index contributed by atoms with van der Waals surface area (Å²) in [7, 11) is 1.70. The van der Waals surface area contributed by atoms with Gasteiger partial charge in [0.2, 0.25) is 0 Å². The van der Waals surface area contributed by atoms with Gasteiger partial charge in [0.05, 0.1) is 7.11 Å². The van der Waals surface area contributed by atoms with Crippen LogP contribution in [0.15, 0.2) is 30.4 Å². The van der Waals surface area contributed by atoms with Crippen molar-refractivity contribution in [1.29, 1.82) is 0 Å². The fraction of sp³-hybridized carbons (Fsp3) is 0.500. The van der Waals surface area contributed by atoms with Gasteiger partial charge in [0.15, 0.2) is 5.78 Å². The third kappa shape index (κ3) is 1.67. The molecule has 20 heavy (non-hydrogen) atoms. The number of methoxy groups -OCH3 is 1. The van der Waals surface area contributed by atoms with Gasteiger partial charge in [-0.05, 0) is 48.1 Å². The summed E-state index contributed by atoms with van der Waals surface area (Å²) in [6, 6.07) is 6.36. The standard InChI is InChI=1S/C18H22O2/c1-17(2)15-8-6-12-5-7-13(20-4)11-14(12)18(15,3)10-9-16(17)19/h5,7,9-11,15H,6,8H2,1-4H3/t15?,18-/m1/s1. The van der Waals surface area contributed by atoms with Crippen molar-refractivity contribution < 1.29 is 9.53 Å². The van der Waals surface area contributed by atoms with Crippen LogP contribution in [0, 0.1) is 11.3 Å². The van der Waals surface area contributed by atoms with Crippen molar-refractivity contribution in [3.63, 3.8) is 0 Å². The monoisotopic (exact) mass is 270 g/mol. The summed E-state index contributed by atoms with van der Waals surface area (Å²) in [5, 5.41) is 0. The van der Waals surface area contributed by atoms with E-state index in [1.165, 1.54) is 11.1 Å². The van der Waals surface area contributed by atoms with Gasteiger partial charge >= 0.3 is 0 Å². The van der Waals surface area contributed by atoms with Crippen molar-refractivity contribution >= 4 is 5.78 Å². The Labute approximate surface area is 120 Å². The lowest BCUT2D eigenvalue weighted by Crippen LogP contribution is -2.49. The first-order valence-electron chi connectivity index (χ1n) is 7.30. The van der Waals surface area contributed by atoms with Crippen molar-refractivity contribution in [1.82, 2.24) is 0 Å². The molecule has 0 aliphatic heterocycles. The van der Waals surface area contributed by atoms with Gasteiger partial charge < -0.3 is 4.74 Å². The maximum absolute atomic E-state index is 12.2. The Morgan fingerprint density at radius 3 is 2.70 bits per heavy atom. The minimum atomic E-state index is -0.287. The van der Waals surface area contributed by atoms with Crippen molar-refractivity contribution in [2.45, 2.75) is 39.0 Å². The molecule has 0 saturated carbocycles. The number of aryl methyl sites for hydroxylation is 1. The number of ether oxygens (including phenoxy) is 1. The minimum absolute atomic E-state index is 0.0699. The third-order valence-corrected chi connectivity index (χ3v) is 5.41. The first-order valence-corrected chi connectivity index (χ1v) is 7.30. The molecule has 1 aromatic rings. The van der Waals surface area contributed by atoms with E-state index in [0.29, 0.717) is 5.92 Å². The third-order valence-electron chi connectivity index (χ3n) is 5.41. The average molecular weight is 270 g/mol. The number of carbonyl (C=O) groups is 1. The number of carbonyl (C=O) groups excluding carboxylic acids is 1. The molecule has 0 spiro atoms. The molecule has 0 saturated heterocycles. The minimum Gasteiger partial charge on any atom is -0.497 e. The fourth-order valence-corrected chi connectivity index (χ4v) is 4.14. The average Bonchev–Trinajstić information content (AvgIpc) is 2.43. The van der Waals surface area contributed by atoms with Crippen molar-refractivity contribution in [2.75, 3.05) is 7.11 Å². The summed E-state index contributed by atoms with van der Waals surface area (Å²) in [6.07, 6.45) is 6.01. The number of fused-ring (bicyclic) bond motifs is 3. The quantitative estimate of drug-likeness (QED) is 0.778. The number of rotatable bonds is 1. The Balaban J connectivity index is 2.20. The molecule has 0 N–H and O–H groups in total. The number of ketones is 1. The van der Waals surface area contributed by atoms with E-state index < -0.39 is 0 Å². The zero-order valence-electron chi connectivity index (χ0n) is 12.7. The van der Waals surface area contributed by atoms with Crippen LogP contribution in [0.3, 0.4) is 0 Å². The predicted molar refractivity (Wildman–Crippen MR) is 80.1 cm³/mol. The Morgan fingerprint density at radius 1 is 1.25 bits per heavy atom. The molecule has 1 aromatic carbocycles. The lowest BCUT2D eigenvalue weighted by molar-refractivity contribution is -0.127. The normalized spacial score (nSPS) is 30.6. The van der Waals surface area contributed by atoms with Crippen LogP contribution in [0.2, 0.25) is 0 Å². The molecule has 0 heterocycles. The maximum Gasteiger partial charge on any atom is 0.161 e. The van der Waals surface area contributed by atoms with Gasteiger partial charge in [0, 0.05) is 10.8 Å². The van der Waals surface area contributed by atoms with Crippen LogP contribution in [-0.2, 0) is 16.6 Å². The van der Waals surface area contributed by atoms with Gasteiger partial charge in [-0.25, -0.2) is 0 Å². The molecule has 0 aromatic heterocycles. The zero-order chi connectivity index (χ0) is 14.5. The van der Waals surface area contributed by atoms with E-state index in [9.17, 15) is 4.79 Å². The highest BCUT2D eigenvalue weighted by atomic mass is 16.5. The Kier molecular flexibility index (Phi) is 2.82. The molecule has 0 bridgehead atoms. The van der Waals surface area contributed by atoms with Crippen LogP contribution in [0.4, 0.5) is 0 Å². The van der Waals surface area contributed by atoms with E-state index in [0.717, 1.165) is 18.6 Å². The van der Waals surface area contributed by atoms with E-state index in [1.54, 1.807) is 13.2 Å². The van der Waals surface area contributed by atoms with Crippen LogP contribution in [0.1, 0.15) is 38.3 Å². The molecule has 2 nitrogen and oxygen atoms in total. The summed E-state index contributed by atoms with van der Waals surface area (Å²) >= 11 is 0. The van der Waals surface area contributed by atoms with E-state index >= 15 is 0 Å². The molecule has 0 amide bonds. The van der Waals surface area contributed by atoms with Gasteiger partial charge in [0.25, 0.3) is 0 Å². The lowest BCUT2D eigenvalue weighted by Gasteiger charge is -2.50. The van der Waals surface area contributed by atoms with Crippen molar-refractivity contribution in [3.8, 4) is 5.75 Å². The molecule has 2 heteroatoms. The first-order chi connectivity index (χ1) is 9.39. The second-order valence-electron chi connectivity index (χ2n) is 6.82. The molecule has 2 atom stereocenters. The predicted octanol–water partition coefficient (Wildman–Crippen LogP) is 3.68. The van der Waals surface area contributed by atoms with E-state index in [4.69, 9.17) is 4.74 Å². The highest BCUT2D eigenvalue weighted by Gasteiger charge is 2.51. The number of allylic oxidation sites excluding steroid dienone is 2. The summed E-state index contributed by atoms with van der Waals surface area (Å²) in [6.45, 7) is 6.44. The van der Waals surface area contributed by atoms with Gasteiger partial charge in [-0.15, -0.1) is 0 Å². The van der Waals surface area contributed by atoms with Crippen LogP contribution in [0.5, 0.6) is 5.75 Å². The maximum atomic E-state index is 12.2. The van der Waals surface area contributed by atoms with Crippen LogP contribution in [0.25, 0.3) is 0 Å². The summed E-state index contributed by atoms with van der Waals surface area (Å²) in [5.41, 5.74) is 2.35. The number of hydrogen-bond donors (Lipinski definition) is 0. The fourth-order valence-electron chi connectivity index (χ4n) is 4.14. The second-order valence-corrected chi connectivity index (χ2v) is 6.82. The van der Waals surface area contributed by atoms with Crippen molar-refractivity contribution in [3.05, 3.63) is 41.5 Å². The van der Waals surface area contributed by atoms with Crippen LogP contribution < -0.4 is 4.74 Å². The molecule has 1 unspecified atom stereocenters. The number of hydrogen-bond acceptors (Lipinski definition) is 2. The SMILES string of the molecule is COc1ccc2c(c1)[C@@]1(C)C=CC(=O)C(C)(C)C1CC2. The summed E-state index contributed by atoms with van der Waals surface area (Å²) in [5.74, 6) is 1.51. The Bertz CT molecular complexity index is 597. The topological polar surface area (TPSA) is 26.3 Å². The molecule has 0 fully saturated rings. The van der Waals surface area contributed by atoms with Crippen LogP contribution in [-0.4, -0.2) is 12.9 Å². The van der Waals surface area contributed by atoms with E-state index in [1.807, 2.05) is 6.07 Å². The highest BCUT2D eigenvalue weighted by Crippen LogP contribution is 2.53. The van der Waals surface area contributed by atoms with Gasteiger partial charge in [0.1, 0.15) is 5.75 Å². The highest BCUT2D eigenvalue weighted by molar-refractivity contribution is 5.96. The Hall–Kier alpha value is -1.57. The lowest BCUT2D eigenvalue weighted by atomic mass is 9.52. The molecule has 0 radical (unpaired) electrons. The van der Waals surface area contributed by atoms with Crippen LogP contribution >= 0.6 is 0 Å². The first kappa shape index (κ1) is 13.4. The summed E-state index contributed by atoms with van der Waals surface area (Å²) < 4.78 is 5.39. The molecule has 2 aliphatic rings. The van der Waals surface area contributed by atoms with Crippen molar-refractivity contribution in [2.24, 2.45) is 11.3 Å². The molecule has 2 aliphatic carbocycles. The van der Waals surface area contributed by atoms with E-state index in [2.05, 4.69) is 39.0 Å². The van der Waals surface area contributed by atoms with E-state index in [-0.39, 0.29) is 16.6 Å². The number of benzene rings is 1. The molecular weight excluding hydrogens is 248 g/mol. The zero-order valence-corrected chi connectivity index (χ0v) is 12.7. The molecular formula is C18H22O2. The van der Waals surface area contributed by atoms with Gasteiger partial charge in [-0.3, -0.25) is 4.79 Å². The van der Waals surface area contributed by atoms with Gasteiger partial charge in [-0.2, -0.15) is 0 Å². The summed E-state index contributed by atoms with van der Waals surface area (Å²) in [4.78, 5) is 12.2. The van der Waals surface area contributed by atoms with Gasteiger partial charge in [-0.1, -0.05) is 32.9 Å².